The molecular weight excluding hydrogens is 459 g/mol. The summed E-state index contributed by atoms with van der Waals surface area (Å²) >= 11 is 5.60. The lowest BCUT2D eigenvalue weighted by molar-refractivity contribution is -0.137. The Morgan fingerprint density at radius 2 is 1.70 bits per heavy atom. The zero-order valence-corrected chi connectivity index (χ0v) is 17.7. The van der Waals surface area contributed by atoms with E-state index in [4.69, 9.17) is 21.1 Å². The molecule has 0 radical (unpaired) electrons. The van der Waals surface area contributed by atoms with Gasteiger partial charge in [-0.05, 0) is 54.6 Å². The van der Waals surface area contributed by atoms with Crippen LogP contribution in [0.25, 0.3) is 11.0 Å². The van der Waals surface area contributed by atoms with Crippen molar-refractivity contribution in [3.05, 3.63) is 83.0 Å². The van der Waals surface area contributed by atoms with E-state index in [2.05, 4.69) is 15.3 Å². The van der Waals surface area contributed by atoms with Gasteiger partial charge in [-0.2, -0.15) is 13.2 Å². The van der Waals surface area contributed by atoms with Gasteiger partial charge in [0.15, 0.2) is 0 Å². The number of methoxy groups -OCH3 is 1. The van der Waals surface area contributed by atoms with Crippen LogP contribution in [0.1, 0.15) is 15.9 Å². The number of benzene rings is 3. The summed E-state index contributed by atoms with van der Waals surface area (Å²) in [6, 6.07) is 14.5. The highest BCUT2D eigenvalue weighted by atomic mass is 35.5. The first-order valence-electron chi connectivity index (χ1n) is 9.50. The number of nitrogens with zero attached hydrogens (tertiary/aromatic N) is 2. The summed E-state index contributed by atoms with van der Waals surface area (Å²) in [5.74, 6) is 0.674. The van der Waals surface area contributed by atoms with Crippen molar-refractivity contribution in [3.63, 3.8) is 0 Å². The average molecular weight is 474 g/mol. The van der Waals surface area contributed by atoms with E-state index in [0.29, 0.717) is 40.2 Å². The van der Waals surface area contributed by atoms with Crippen molar-refractivity contribution in [2.45, 2.75) is 6.18 Å². The number of rotatable bonds is 5. The maximum atomic E-state index is 13.0. The summed E-state index contributed by atoms with van der Waals surface area (Å²) in [6.07, 6.45) is -3.14. The Labute approximate surface area is 190 Å². The molecule has 0 atom stereocenters. The molecule has 0 aliphatic carbocycles. The number of nitrogens with one attached hydrogen (secondary N) is 1. The van der Waals surface area contributed by atoms with Crippen molar-refractivity contribution in [3.8, 4) is 17.4 Å². The van der Waals surface area contributed by atoms with Crippen molar-refractivity contribution in [1.82, 2.24) is 9.97 Å². The lowest BCUT2D eigenvalue weighted by Crippen LogP contribution is -2.14. The third-order valence-electron chi connectivity index (χ3n) is 4.58. The van der Waals surface area contributed by atoms with Crippen LogP contribution in [0.5, 0.6) is 17.4 Å². The predicted molar refractivity (Wildman–Crippen MR) is 117 cm³/mol. The molecule has 0 unspecified atom stereocenters. The van der Waals surface area contributed by atoms with Crippen LogP contribution in [0.15, 0.2) is 66.9 Å². The lowest BCUT2D eigenvalue weighted by atomic mass is 10.1. The Balaban J connectivity index is 1.46. The molecule has 3 aromatic carbocycles. The van der Waals surface area contributed by atoms with E-state index >= 15 is 0 Å². The number of alkyl halides is 3. The van der Waals surface area contributed by atoms with Gasteiger partial charge in [0, 0.05) is 17.3 Å². The van der Waals surface area contributed by atoms with Crippen molar-refractivity contribution in [2.75, 3.05) is 12.4 Å². The molecule has 168 valence electrons. The van der Waals surface area contributed by atoms with Crippen molar-refractivity contribution >= 4 is 34.2 Å². The summed E-state index contributed by atoms with van der Waals surface area (Å²) in [5, 5.41) is 2.07. The topological polar surface area (TPSA) is 73.3 Å². The van der Waals surface area contributed by atoms with E-state index in [1.807, 2.05) is 0 Å². The minimum Gasteiger partial charge on any atom is -0.480 e. The Morgan fingerprint density at radius 1 is 0.970 bits per heavy atom. The third kappa shape index (κ3) is 5.15. The Hall–Kier alpha value is -3.85. The molecule has 33 heavy (non-hydrogen) atoms. The highest BCUT2D eigenvalue weighted by Crippen LogP contribution is 2.35. The zero-order chi connectivity index (χ0) is 23.6. The van der Waals surface area contributed by atoms with E-state index < -0.39 is 22.7 Å². The van der Waals surface area contributed by atoms with E-state index in [1.165, 1.54) is 19.4 Å². The largest absolute Gasteiger partial charge is 0.480 e. The molecule has 10 heteroatoms. The minimum absolute atomic E-state index is 0.167. The molecular formula is C23H15ClF3N3O3. The first-order valence-corrected chi connectivity index (χ1v) is 9.87. The molecule has 4 rings (SSSR count). The number of carbonyl (C=O) groups is 1. The molecule has 0 aliphatic heterocycles. The van der Waals surface area contributed by atoms with Gasteiger partial charge in [0.2, 0.25) is 5.88 Å². The smallest absolute Gasteiger partial charge is 0.417 e. The summed E-state index contributed by atoms with van der Waals surface area (Å²) in [7, 11) is 1.50. The number of halogens is 4. The van der Waals surface area contributed by atoms with Crippen LogP contribution in [0.4, 0.5) is 18.9 Å². The molecule has 1 N–H and O–H groups in total. The van der Waals surface area contributed by atoms with Gasteiger partial charge in [-0.3, -0.25) is 4.79 Å². The number of aromatic nitrogens is 2. The average Bonchev–Trinajstić information content (AvgIpc) is 2.79. The molecule has 1 amide bonds. The maximum Gasteiger partial charge on any atom is 0.417 e. The molecule has 0 saturated carbocycles. The van der Waals surface area contributed by atoms with Gasteiger partial charge in [-0.25, -0.2) is 9.97 Å². The molecule has 0 saturated heterocycles. The monoisotopic (exact) mass is 473 g/mol. The summed E-state index contributed by atoms with van der Waals surface area (Å²) in [5.41, 5.74) is 0.414. The molecule has 1 heterocycles. The normalized spacial score (nSPS) is 11.3. The van der Waals surface area contributed by atoms with Crippen molar-refractivity contribution < 1.29 is 27.4 Å². The SMILES string of the molecule is COc1cnc2ccc(Oc3ccc(NC(=O)c4ccc(Cl)c(C(F)(F)F)c4)cc3)cc2n1. The van der Waals surface area contributed by atoms with Crippen LogP contribution in [-0.4, -0.2) is 23.0 Å². The molecule has 4 aromatic rings. The van der Waals surface area contributed by atoms with E-state index in [1.54, 1.807) is 42.5 Å². The number of anilines is 1. The van der Waals surface area contributed by atoms with Crippen molar-refractivity contribution in [1.29, 1.82) is 0 Å². The predicted octanol–water partition coefficient (Wildman–Crippen LogP) is 6.36. The number of hydrogen-bond acceptors (Lipinski definition) is 5. The van der Waals surface area contributed by atoms with Crippen LogP contribution < -0.4 is 14.8 Å². The second-order valence-electron chi connectivity index (χ2n) is 6.84. The Morgan fingerprint density at radius 3 is 2.39 bits per heavy atom. The Bertz CT molecular complexity index is 1330. The summed E-state index contributed by atoms with van der Waals surface area (Å²) in [4.78, 5) is 20.9. The fourth-order valence-electron chi connectivity index (χ4n) is 2.97. The molecule has 0 fully saturated rings. The van der Waals surface area contributed by atoms with E-state index in [0.717, 1.165) is 6.07 Å². The van der Waals surface area contributed by atoms with Crippen molar-refractivity contribution in [2.24, 2.45) is 0 Å². The fraction of sp³-hybridized carbons (Fsp3) is 0.0870. The fourth-order valence-corrected chi connectivity index (χ4v) is 3.19. The number of amides is 1. The Kier molecular flexibility index (Phi) is 6.06. The quantitative estimate of drug-likeness (QED) is 0.365. The second-order valence-corrected chi connectivity index (χ2v) is 7.24. The van der Waals surface area contributed by atoms with Gasteiger partial charge in [0.05, 0.1) is 34.9 Å². The van der Waals surface area contributed by atoms with Gasteiger partial charge in [0.1, 0.15) is 11.5 Å². The molecule has 1 aromatic heterocycles. The van der Waals surface area contributed by atoms with Crippen LogP contribution in [0.3, 0.4) is 0 Å². The molecule has 6 nitrogen and oxygen atoms in total. The maximum absolute atomic E-state index is 13.0. The second kappa shape index (κ2) is 8.95. The standard InChI is InChI=1S/C23H15ClF3N3O3/c1-32-21-12-28-19-9-7-16(11-20(19)30-21)33-15-5-3-14(4-6-15)29-22(31)13-2-8-18(24)17(10-13)23(25,26)27/h2-12H,1H3,(H,29,31). The van der Waals surface area contributed by atoms with Crippen LogP contribution in [0, 0.1) is 0 Å². The highest BCUT2D eigenvalue weighted by Gasteiger charge is 2.33. The molecule has 0 aliphatic rings. The number of fused-ring (bicyclic) bond motifs is 1. The molecule has 0 bridgehead atoms. The van der Waals surface area contributed by atoms with Gasteiger partial charge in [-0.1, -0.05) is 11.6 Å². The van der Waals surface area contributed by atoms with Gasteiger partial charge < -0.3 is 14.8 Å². The summed E-state index contributed by atoms with van der Waals surface area (Å²) < 4.78 is 50.0. The van der Waals surface area contributed by atoms with Gasteiger partial charge >= 0.3 is 6.18 Å². The molecule has 0 spiro atoms. The first kappa shape index (κ1) is 22.3. The lowest BCUT2D eigenvalue weighted by Gasteiger charge is -2.12. The number of hydrogen-bond donors (Lipinski definition) is 1. The van der Waals surface area contributed by atoms with Gasteiger partial charge in [-0.15, -0.1) is 0 Å². The van der Waals surface area contributed by atoms with Crippen LogP contribution >= 0.6 is 11.6 Å². The van der Waals surface area contributed by atoms with Crippen LogP contribution in [-0.2, 0) is 6.18 Å². The van der Waals surface area contributed by atoms with Crippen LogP contribution in [0.2, 0.25) is 5.02 Å². The van der Waals surface area contributed by atoms with E-state index in [9.17, 15) is 18.0 Å². The zero-order valence-electron chi connectivity index (χ0n) is 17.0. The van der Waals surface area contributed by atoms with E-state index in [-0.39, 0.29) is 5.56 Å². The minimum atomic E-state index is -4.66. The number of carbonyl (C=O) groups excluding carboxylic acids is 1. The first-order chi connectivity index (χ1) is 15.7. The summed E-state index contributed by atoms with van der Waals surface area (Å²) in [6.45, 7) is 0. The third-order valence-corrected chi connectivity index (χ3v) is 4.91. The number of ether oxygens (including phenoxy) is 2. The van der Waals surface area contributed by atoms with Gasteiger partial charge in [0.25, 0.3) is 5.91 Å². The highest BCUT2D eigenvalue weighted by molar-refractivity contribution is 6.31.